The standard InChI is InChI=1S/C19H15FN.C14H16NSi.Ir/c1-14-13-21-19(16-7-3-2-4-8-16)12-17(14)10-15-6-5-9-18(20)11-15;1-16(2,3)13-9-10-14(15-11-13)12-7-5-4-6-8-12;/h2-7,9,11-13H,10H2,1H3;4-7,9-11H,1-3H3;/q2*-1;. The van der Waals surface area contributed by atoms with Crippen molar-refractivity contribution in [2.75, 3.05) is 0 Å². The summed E-state index contributed by atoms with van der Waals surface area (Å²) in [6.45, 7) is 9.02. The second-order valence-electron chi connectivity index (χ2n) is 10.0. The number of hydrogen-bond donors (Lipinski definition) is 0. The minimum Gasteiger partial charge on any atom is -0.305 e. The van der Waals surface area contributed by atoms with Gasteiger partial charge in [-0.25, -0.2) is 4.39 Å². The van der Waals surface area contributed by atoms with Crippen LogP contribution in [-0.4, -0.2) is 18.0 Å². The van der Waals surface area contributed by atoms with Crippen LogP contribution in [0.15, 0.2) is 103 Å². The van der Waals surface area contributed by atoms with Crippen LogP contribution < -0.4 is 5.19 Å². The SMILES string of the molecule is C[Si](C)(C)c1ccc(-c2[c-]cccc2)nc1.Cc1cnc(-c2[c-]cccc2)cc1Cc1cccc(F)c1.[Ir]. The molecule has 5 rings (SSSR count). The van der Waals surface area contributed by atoms with Crippen LogP contribution in [0.2, 0.25) is 19.6 Å². The maximum atomic E-state index is 13.3. The molecular weight excluding hydrogens is 664 g/mol. The van der Waals surface area contributed by atoms with Gasteiger partial charge in [-0.1, -0.05) is 50.0 Å². The zero-order valence-corrected chi connectivity index (χ0v) is 25.5. The van der Waals surface area contributed by atoms with Gasteiger partial charge in [0.05, 0.1) is 8.07 Å². The normalized spacial score (nSPS) is 10.7. The summed E-state index contributed by atoms with van der Waals surface area (Å²) in [4.78, 5) is 8.98. The fraction of sp³-hybridized carbons (Fsp3) is 0.152. The van der Waals surface area contributed by atoms with E-state index in [0.717, 1.165) is 39.2 Å². The summed E-state index contributed by atoms with van der Waals surface area (Å²) in [6, 6.07) is 35.2. The summed E-state index contributed by atoms with van der Waals surface area (Å²) in [6.07, 6.45) is 4.58. The van der Waals surface area contributed by atoms with Crippen LogP contribution in [0.1, 0.15) is 16.7 Å². The largest absolute Gasteiger partial charge is 0.305 e. The number of benzene rings is 3. The fourth-order valence-corrected chi connectivity index (χ4v) is 4.91. The predicted octanol–water partition coefficient (Wildman–Crippen LogP) is 7.68. The molecule has 0 amide bonds. The molecule has 195 valence electrons. The Hall–Kier alpha value is -3.24. The van der Waals surface area contributed by atoms with Crippen molar-refractivity contribution >= 4 is 13.3 Å². The molecule has 1 radical (unpaired) electrons. The molecule has 0 aliphatic rings. The van der Waals surface area contributed by atoms with E-state index in [4.69, 9.17) is 0 Å². The Kier molecular flexibility index (Phi) is 10.4. The molecule has 0 aliphatic carbocycles. The van der Waals surface area contributed by atoms with Gasteiger partial charge in [0, 0.05) is 32.5 Å². The Morgan fingerprint density at radius 1 is 0.737 bits per heavy atom. The quantitative estimate of drug-likeness (QED) is 0.139. The number of aromatic nitrogens is 2. The van der Waals surface area contributed by atoms with Crippen LogP contribution in [-0.2, 0) is 26.5 Å². The van der Waals surface area contributed by atoms with Gasteiger partial charge in [-0.15, -0.1) is 71.8 Å². The number of hydrogen-bond acceptors (Lipinski definition) is 2. The van der Waals surface area contributed by atoms with Crippen LogP contribution in [0.5, 0.6) is 0 Å². The van der Waals surface area contributed by atoms with Gasteiger partial charge in [0.2, 0.25) is 0 Å². The predicted molar refractivity (Wildman–Crippen MR) is 154 cm³/mol. The van der Waals surface area contributed by atoms with Crippen molar-refractivity contribution < 1.29 is 24.5 Å². The van der Waals surface area contributed by atoms with E-state index in [-0.39, 0.29) is 25.9 Å². The number of pyridine rings is 2. The molecule has 0 saturated heterocycles. The number of rotatable bonds is 5. The van der Waals surface area contributed by atoms with Gasteiger partial charge in [0.15, 0.2) is 0 Å². The molecular formula is C33H31FIrN2Si-2. The second kappa shape index (κ2) is 13.5. The van der Waals surface area contributed by atoms with Crippen molar-refractivity contribution in [3.05, 3.63) is 138 Å². The molecule has 0 saturated carbocycles. The molecule has 0 bridgehead atoms. The summed E-state index contributed by atoms with van der Waals surface area (Å²) >= 11 is 0. The van der Waals surface area contributed by atoms with Gasteiger partial charge in [-0.05, 0) is 58.7 Å². The van der Waals surface area contributed by atoms with Gasteiger partial charge in [-0.2, -0.15) is 0 Å². The first-order valence-electron chi connectivity index (χ1n) is 12.4. The zero-order chi connectivity index (χ0) is 26.3. The zero-order valence-electron chi connectivity index (χ0n) is 22.1. The first kappa shape index (κ1) is 29.3. The smallest absolute Gasteiger partial charge is 0.123 e. The molecule has 0 aliphatic heterocycles. The summed E-state index contributed by atoms with van der Waals surface area (Å²) < 4.78 is 13.3. The first-order chi connectivity index (χ1) is 17.8. The van der Waals surface area contributed by atoms with E-state index in [0.29, 0.717) is 6.42 Å². The van der Waals surface area contributed by atoms with E-state index < -0.39 is 8.07 Å². The van der Waals surface area contributed by atoms with Crippen LogP contribution >= 0.6 is 0 Å². The van der Waals surface area contributed by atoms with Gasteiger partial charge in [0.25, 0.3) is 0 Å². The number of nitrogens with zero attached hydrogens (tertiary/aromatic N) is 2. The topological polar surface area (TPSA) is 25.8 Å². The van der Waals surface area contributed by atoms with Gasteiger partial charge >= 0.3 is 0 Å². The summed E-state index contributed by atoms with van der Waals surface area (Å²) in [5.74, 6) is -0.198. The van der Waals surface area contributed by atoms with E-state index in [1.54, 1.807) is 12.1 Å². The summed E-state index contributed by atoms with van der Waals surface area (Å²) in [7, 11) is -1.23. The van der Waals surface area contributed by atoms with Crippen LogP contribution in [0, 0.1) is 24.9 Å². The minimum atomic E-state index is -1.23. The van der Waals surface area contributed by atoms with Gasteiger partial charge in [-0.3, -0.25) is 0 Å². The van der Waals surface area contributed by atoms with Gasteiger partial charge in [0.1, 0.15) is 5.82 Å². The molecule has 0 fully saturated rings. The van der Waals surface area contributed by atoms with Crippen LogP contribution in [0.3, 0.4) is 0 Å². The molecule has 5 aromatic rings. The van der Waals surface area contributed by atoms with E-state index >= 15 is 0 Å². The second-order valence-corrected chi connectivity index (χ2v) is 15.1. The number of aryl methyl sites for hydroxylation is 1. The molecule has 2 heterocycles. The van der Waals surface area contributed by atoms with Crippen LogP contribution in [0.25, 0.3) is 22.5 Å². The molecule has 3 aromatic carbocycles. The van der Waals surface area contributed by atoms with Crippen molar-refractivity contribution in [2.45, 2.75) is 33.0 Å². The van der Waals surface area contributed by atoms with Crippen molar-refractivity contribution in [3.8, 4) is 22.5 Å². The first-order valence-corrected chi connectivity index (χ1v) is 15.9. The fourth-order valence-electron chi connectivity index (χ4n) is 3.87. The Bertz CT molecular complexity index is 1430. The van der Waals surface area contributed by atoms with Crippen molar-refractivity contribution in [1.82, 2.24) is 9.97 Å². The minimum absolute atomic E-state index is 0. The third-order valence-electron chi connectivity index (χ3n) is 6.10. The third-order valence-corrected chi connectivity index (χ3v) is 8.13. The van der Waals surface area contributed by atoms with Crippen molar-refractivity contribution in [2.24, 2.45) is 0 Å². The molecule has 2 aromatic heterocycles. The summed E-state index contributed by atoms with van der Waals surface area (Å²) in [5, 5.41) is 1.40. The Morgan fingerprint density at radius 2 is 1.39 bits per heavy atom. The Balaban J connectivity index is 0.000000213. The van der Waals surface area contributed by atoms with E-state index in [1.807, 2.05) is 73.9 Å². The molecule has 0 atom stereocenters. The maximum Gasteiger partial charge on any atom is 0.123 e. The van der Waals surface area contributed by atoms with Gasteiger partial charge < -0.3 is 9.97 Å². The van der Waals surface area contributed by atoms with E-state index in [9.17, 15) is 4.39 Å². The molecule has 5 heteroatoms. The number of halogens is 1. The average Bonchev–Trinajstić information content (AvgIpc) is 2.91. The molecule has 2 nitrogen and oxygen atoms in total. The Labute approximate surface area is 240 Å². The molecule has 38 heavy (non-hydrogen) atoms. The molecule has 0 spiro atoms. The van der Waals surface area contributed by atoms with Crippen molar-refractivity contribution in [1.29, 1.82) is 0 Å². The third kappa shape index (κ3) is 8.13. The molecule has 0 unspecified atom stereocenters. The molecule has 0 N–H and O–H groups in total. The van der Waals surface area contributed by atoms with Crippen LogP contribution in [0.4, 0.5) is 4.39 Å². The maximum absolute atomic E-state index is 13.3. The van der Waals surface area contributed by atoms with Crippen molar-refractivity contribution in [3.63, 3.8) is 0 Å². The van der Waals surface area contributed by atoms with E-state index in [1.165, 1.54) is 11.3 Å². The van der Waals surface area contributed by atoms with E-state index in [2.05, 4.69) is 59.9 Å². The summed E-state index contributed by atoms with van der Waals surface area (Å²) in [5.41, 5.74) is 7.16. The Morgan fingerprint density at radius 3 is 1.95 bits per heavy atom. The average molecular weight is 695 g/mol. The monoisotopic (exact) mass is 695 g/mol.